The van der Waals surface area contributed by atoms with Crippen molar-refractivity contribution in [3.63, 3.8) is 0 Å². The number of hydrogen-bond donors (Lipinski definition) is 0. The lowest BCUT2D eigenvalue weighted by Gasteiger charge is -2.37. The lowest BCUT2D eigenvalue weighted by molar-refractivity contribution is 0.289. The van der Waals surface area contributed by atoms with Gasteiger partial charge in [-0.25, -0.2) is 0 Å². The molecule has 0 unspecified atom stereocenters. The smallest absolute Gasteiger partial charge is 0.322 e. The molecule has 1 aliphatic rings. The lowest BCUT2D eigenvalue weighted by Crippen LogP contribution is -2.41. The van der Waals surface area contributed by atoms with Crippen molar-refractivity contribution < 1.29 is 4.74 Å². The van der Waals surface area contributed by atoms with E-state index in [0.717, 1.165) is 19.5 Å². The third kappa shape index (κ3) is 2.97. The van der Waals surface area contributed by atoms with Crippen molar-refractivity contribution in [3.8, 4) is 6.01 Å². The van der Waals surface area contributed by atoms with E-state index in [-0.39, 0.29) is 16.7 Å². The highest BCUT2D eigenvalue weighted by Crippen LogP contribution is 2.30. The number of rotatable bonds is 2. The number of hydrogen-bond acceptors (Lipinski definition) is 5. The number of ether oxygens (including phenoxy) is 1. The molecule has 0 amide bonds. The molecule has 5 nitrogen and oxygen atoms in total. The first-order chi connectivity index (χ1) is 8.00. The number of methoxy groups -OCH3 is 1. The zero-order valence-electron chi connectivity index (χ0n) is 10.4. The third-order valence-electron chi connectivity index (χ3n) is 2.94. The van der Waals surface area contributed by atoms with Crippen LogP contribution in [0.4, 0.5) is 5.95 Å². The van der Waals surface area contributed by atoms with Crippen molar-refractivity contribution in [1.29, 1.82) is 0 Å². The Morgan fingerprint density at radius 1 is 1.29 bits per heavy atom. The Hall–Kier alpha value is -1.10. The standard InChI is InChI=1S/C11H17ClN4O/c1-11(2)5-4-6-16(7-11)9-13-8(12)14-10(15-9)17-3/h4-7H2,1-3H3. The molecule has 6 heteroatoms. The first-order valence-corrected chi connectivity index (χ1v) is 6.08. The maximum absolute atomic E-state index is 5.85. The summed E-state index contributed by atoms with van der Waals surface area (Å²) in [6.07, 6.45) is 2.36. The summed E-state index contributed by atoms with van der Waals surface area (Å²) in [5.74, 6) is 0.606. The van der Waals surface area contributed by atoms with Crippen LogP contribution < -0.4 is 9.64 Å². The summed E-state index contributed by atoms with van der Waals surface area (Å²) in [6.45, 7) is 6.38. The Bertz CT molecular complexity index is 410. The fraction of sp³-hybridized carbons (Fsp3) is 0.727. The van der Waals surface area contributed by atoms with Gasteiger partial charge in [-0.15, -0.1) is 0 Å². The molecule has 0 N–H and O–H groups in total. The molecule has 1 aliphatic heterocycles. The molecule has 0 aliphatic carbocycles. The predicted molar refractivity (Wildman–Crippen MR) is 66.6 cm³/mol. The highest BCUT2D eigenvalue weighted by molar-refractivity contribution is 6.28. The van der Waals surface area contributed by atoms with Crippen LogP contribution in [0, 0.1) is 5.41 Å². The molecule has 17 heavy (non-hydrogen) atoms. The topological polar surface area (TPSA) is 51.1 Å². The van der Waals surface area contributed by atoms with Crippen molar-refractivity contribution in [2.45, 2.75) is 26.7 Å². The number of nitrogens with zero attached hydrogens (tertiary/aromatic N) is 4. The van der Waals surface area contributed by atoms with E-state index in [9.17, 15) is 0 Å². The van der Waals surface area contributed by atoms with Crippen LogP contribution in [-0.2, 0) is 0 Å². The number of anilines is 1. The van der Waals surface area contributed by atoms with Gasteiger partial charge in [-0.3, -0.25) is 0 Å². The van der Waals surface area contributed by atoms with Crippen LogP contribution in [0.1, 0.15) is 26.7 Å². The summed E-state index contributed by atoms with van der Waals surface area (Å²) in [7, 11) is 1.52. The van der Waals surface area contributed by atoms with Crippen LogP contribution in [0.5, 0.6) is 6.01 Å². The second-order valence-corrected chi connectivity index (χ2v) is 5.42. The lowest BCUT2D eigenvalue weighted by atomic mass is 9.84. The average Bonchev–Trinajstić information content (AvgIpc) is 2.27. The molecule has 94 valence electrons. The Morgan fingerprint density at radius 3 is 2.71 bits per heavy atom. The number of halogens is 1. The van der Waals surface area contributed by atoms with E-state index in [4.69, 9.17) is 16.3 Å². The number of piperidine rings is 1. The molecule has 1 aromatic heterocycles. The Labute approximate surface area is 106 Å². The summed E-state index contributed by atoms with van der Waals surface area (Å²) in [5.41, 5.74) is 0.282. The number of aromatic nitrogens is 3. The van der Waals surface area contributed by atoms with Crippen LogP contribution in [0.15, 0.2) is 0 Å². The van der Waals surface area contributed by atoms with Gasteiger partial charge >= 0.3 is 6.01 Å². The molecule has 0 spiro atoms. The van der Waals surface area contributed by atoms with Gasteiger partial charge in [-0.1, -0.05) is 13.8 Å². The summed E-state index contributed by atoms with van der Waals surface area (Å²) in [6, 6.07) is 0.267. The Balaban J connectivity index is 2.24. The van der Waals surface area contributed by atoms with E-state index in [1.165, 1.54) is 13.5 Å². The fourth-order valence-corrected chi connectivity index (χ4v) is 2.30. The predicted octanol–water partition coefficient (Wildman–Crippen LogP) is 2.16. The van der Waals surface area contributed by atoms with Crippen LogP contribution in [0.3, 0.4) is 0 Å². The molecule has 0 bridgehead atoms. The normalized spacial score (nSPS) is 19.2. The summed E-state index contributed by atoms with van der Waals surface area (Å²) in [4.78, 5) is 14.4. The maximum Gasteiger partial charge on any atom is 0.322 e. The molecule has 2 rings (SSSR count). The van der Waals surface area contributed by atoms with Crippen LogP contribution in [0.25, 0.3) is 0 Å². The zero-order chi connectivity index (χ0) is 12.5. The van der Waals surface area contributed by atoms with Crippen molar-refractivity contribution in [1.82, 2.24) is 15.0 Å². The molecule has 2 heterocycles. The molecule has 0 atom stereocenters. The molecule has 0 aromatic carbocycles. The largest absolute Gasteiger partial charge is 0.467 e. The third-order valence-corrected chi connectivity index (χ3v) is 3.11. The van der Waals surface area contributed by atoms with E-state index < -0.39 is 0 Å². The van der Waals surface area contributed by atoms with Gasteiger partial charge in [0, 0.05) is 13.1 Å². The highest BCUT2D eigenvalue weighted by atomic mass is 35.5. The first-order valence-electron chi connectivity index (χ1n) is 5.71. The second kappa shape index (κ2) is 4.64. The maximum atomic E-state index is 5.85. The monoisotopic (exact) mass is 256 g/mol. The summed E-state index contributed by atoms with van der Waals surface area (Å²) < 4.78 is 5.01. The minimum Gasteiger partial charge on any atom is -0.467 e. The van der Waals surface area contributed by atoms with Crippen molar-refractivity contribution >= 4 is 17.5 Å². The molecule has 1 saturated heterocycles. The fourth-order valence-electron chi connectivity index (χ4n) is 2.15. The molecular weight excluding hydrogens is 240 g/mol. The Morgan fingerprint density at radius 2 is 2.06 bits per heavy atom. The second-order valence-electron chi connectivity index (χ2n) is 5.08. The molecule has 0 saturated carbocycles. The van der Waals surface area contributed by atoms with Crippen LogP contribution >= 0.6 is 11.6 Å². The average molecular weight is 257 g/mol. The van der Waals surface area contributed by atoms with E-state index in [2.05, 4.69) is 33.7 Å². The van der Waals surface area contributed by atoms with Gasteiger partial charge in [0.15, 0.2) is 0 Å². The summed E-state index contributed by atoms with van der Waals surface area (Å²) >= 11 is 5.85. The molecule has 0 radical (unpaired) electrons. The zero-order valence-corrected chi connectivity index (χ0v) is 11.2. The van der Waals surface area contributed by atoms with E-state index >= 15 is 0 Å². The molecule has 1 fully saturated rings. The van der Waals surface area contributed by atoms with E-state index in [0.29, 0.717) is 5.95 Å². The Kier molecular flexibility index (Phi) is 3.38. The van der Waals surface area contributed by atoms with Crippen molar-refractivity contribution in [2.75, 3.05) is 25.1 Å². The van der Waals surface area contributed by atoms with Gasteiger partial charge in [0.1, 0.15) is 0 Å². The van der Waals surface area contributed by atoms with Crippen molar-refractivity contribution in [3.05, 3.63) is 5.28 Å². The van der Waals surface area contributed by atoms with E-state index in [1.807, 2.05) is 0 Å². The van der Waals surface area contributed by atoms with Gasteiger partial charge in [0.2, 0.25) is 11.2 Å². The minimum atomic E-state index is 0.176. The van der Waals surface area contributed by atoms with Gasteiger partial charge in [-0.2, -0.15) is 15.0 Å². The van der Waals surface area contributed by atoms with Gasteiger partial charge < -0.3 is 9.64 Å². The van der Waals surface area contributed by atoms with Crippen LogP contribution in [-0.4, -0.2) is 35.2 Å². The summed E-state index contributed by atoms with van der Waals surface area (Å²) in [5, 5.41) is 0.176. The van der Waals surface area contributed by atoms with Gasteiger partial charge in [0.25, 0.3) is 0 Å². The SMILES string of the molecule is COc1nc(Cl)nc(N2CCCC(C)(C)C2)n1. The van der Waals surface area contributed by atoms with Crippen molar-refractivity contribution in [2.24, 2.45) is 5.41 Å². The minimum absolute atomic E-state index is 0.176. The van der Waals surface area contributed by atoms with E-state index in [1.54, 1.807) is 0 Å². The first kappa shape index (κ1) is 12.4. The molecular formula is C11H17ClN4O. The van der Waals surface area contributed by atoms with Gasteiger partial charge in [0.05, 0.1) is 7.11 Å². The van der Waals surface area contributed by atoms with Crippen LogP contribution in [0.2, 0.25) is 5.28 Å². The molecule has 1 aromatic rings. The quantitative estimate of drug-likeness (QED) is 0.812. The van der Waals surface area contributed by atoms with Gasteiger partial charge in [-0.05, 0) is 29.9 Å². The highest BCUT2D eigenvalue weighted by Gasteiger charge is 2.28.